The molecule has 2 aliphatic rings. The van der Waals surface area contributed by atoms with Crippen molar-refractivity contribution in [3.05, 3.63) is 23.1 Å². The number of nitrogens with zero attached hydrogens (tertiary/aromatic N) is 2. The summed E-state index contributed by atoms with van der Waals surface area (Å²) in [5.74, 6) is 0.855. The van der Waals surface area contributed by atoms with Gasteiger partial charge in [0.2, 0.25) is 0 Å². The van der Waals surface area contributed by atoms with Crippen LogP contribution in [0, 0.1) is 13.8 Å². The van der Waals surface area contributed by atoms with Crippen LogP contribution in [-0.4, -0.2) is 33.8 Å². The van der Waals surface area contributed by atoms with E-state index in [2.05, 4.69) is 11.2 Å². The number of aromatic nitrogens is 1. The van der Waals surface area contributed by atoms with E-state index in [0.717, 1.165) is 36.3 Å². The summed E-state index contributed by atoms with van der Waals surface area (Å²) in [5.41, 5.74) is 2.83. The summed E-state index contributed by atoms with van der Waals surface area (Å²) < 4.78 is 10.8. The Morgan fingerprint density at radius 2 is 2.09 bits per heavy atom. The molecule has 0 N–H and O–H groups in total. The molecule has 1 fully saturated rings. The van der Waals surface area contributed by atoms with Crippen LogP contribution in [0.25, 0.3) is 5.57 Å². The van der Waals surface area contributed by atoms with E-state index in [1.165, 1.54) is 5.57 Å². The van der Waals surface area contributed by atoms with Gasteiger partial charge in [-0.15, -0.1) is 0 Å². The van der Waals surface area contributed by atoms with Crippen LogP contribution >= 0.6 is 0 Å². The smallest absolute Gasteiger partial charge is 0.411 e. The Morgan fingerprint density at radius 3 is 2.64 bits per heavy atom. The highest BCUT2D eigenvalue weighted by Gasteiger charge is 2.42. The van der Waals surface area contributed by atoms with Gasteiger partial charge in [-0.25, -0.2) is 4.79 Å². The van der Waals surface area contributed by atoms with Gasteiger partial charge in [0, 0.05) is 11.6 Å². The number of hydrogen-bond donors (Lipinski definition) is 0. The molecule has 0 radical (unpaired) electrons. The Hall–Kier alpha value is -1.78. The summed E-state index contributed by atoms with van der Waals surface area (Å²) in [5, 5.41) is 4.04. The first kappa shape index (κ1) is 15.1. The van der Waals surface area contributed by atoms with Crippen LogP contribution in [0.3, 0.4) is 0 Å². The molecule has 3 rings (SSSR count). The quantitative estimate of drug-likeness (QED) is 0.791. The molecule has 2 atom stereocenters. The van der Waals surface area contributed by atoms with Gasteiger partial charge in [-0.05, 0) is 59.5 Å². The third kappa shape index (κ3) is 2.64. The molecule has 2 unspecified atom stereocenters. The lowest BCUT2D eigenvalue weighted by Gasteiger charge is -2.35. The van der Waals surface area contributed by atoms with Gasteiger partial charge >= 0.3 is 6.09 Å². The van der Waals surface area contributed by atoms with E-state index >= 15 is 0 Å². The molecule has 1 aromatic rings. The Balaban J connectivity index is 1.85. The van der Waals surface area contributed by atoms with Gasteiger partial charge in [0.15, 0.2) is 0 Å². The number of ether oxygens (including phenoxy) is 1. The predicted octanol–water partition coefficient (Wildman–Crippen LogP) is 3.85. The maximum atomic E-state index is 12.4. The van der Waals surface area contributed by atoms with Gasteiger partial charge in [0.1, 0.15) is 11.4 Å². The average Bonchev–Trinajstić information content (AvgIpc) is 2.85. The highest BCUT2D eigenvalue weighted by atomic mass is 16.6. The summed E-state index contributed by atoms with van der Waals surface area (Å²) in [7, 11) is 0. The second-order valence-corrected chi connectivity index (χ2v) is 7.28. The van der Waals surface area contributed by atoms with Crippen molar-refractivity contribution < 1.29 is 14.1 Å². The average molecular weight is 304 g/mol. The number of carbonyl (C=O) groups is 1. The Labute approximate surface area is 131 Å². The summed E-state index contributed by atoms with van der Waals surface area (Å²) in [4.78, 5) is 14.4. The van der Waals surface area contributed by atoms with Crippen LogP contribution in [0.15, 0.2) is 10.6 Å². The summed E-state index contributed by atoms with van der Waals surface area (Å²) in [6.07, 6.45) is 4.86. The van der Waals surface area contributed by atoms with Gasteiger partial charge in [-0.2, -0.15) is 0 Å². The van der Waals surface area contributed by atoms with E-state index in [9.17, 15) is 4.79 Å². The van der Waals surface area contributed by atoms with Gasteiger partial charge in [-0.1, -0.05) is 11.2 Å². The van der Waals surface area contributed by atoms with E-state index in [1.54, 1.807) is 0 Å². The standard InChI is InChI=1S/C17H24N2O3/c1-10-15(11(2)22-18-10)12-8-13-6-7-14(9-12)19(13)16(20)21-17(3,4)5/h8,13-14H,6-7,9H2,1-5H3. The molecule has 5 nitrogen and oxygen atoms in total. The zero-order chi connectivity index (χ0) is 16.1. The topological polar surface area (TPSA) is 55.6 Å². The van der Waals surface area contributed by atoms with Crippen molar-refractivity contribution >= 4 is 11.7 Å². The zero-order valence-electron chi connectivity index (χ0n) is 14.0. The number of fused-ring (bicyclic) bond motifs is 2. The number of rotatable bonds is 1. The number of aryl methyl sites for hydroxylation is 2. The SMILES string of the molecule is Cc1noc(C)c1C1=CC2CCC(C1)N2C(=O)OC(C)(C)C. The molecule has 22 heavy (non-hydrogen) atoms. The number of hydrogen-bond acceptors (Lipinski definition) is 4. The Morgan fingerprint density at radius 1 is 1.36 bits per heavy atom. The van der Waals surface area contributed by atoms with E-state index in [1.807, 2.05) is 39.5 Å². The molecular formula is C17H24N2O3. The van der Waals surface area contributed by atoms with Crippen molar-refractivity contribution in [1.29, 1.82) is 0 Å². The largest absolute Gasteiger partial charge is 0.444 e. The van der Waals surface area contributed by atoms with Crippen LogP contribution in [0.2, 0.25) is 0 Å². The molecule has 5 heteroatoms. The molecule has 1 saturated heterocycles. The molecule has 0 spiro atoms. The van der Waals surface area contributed by atoms with E-state index < -0.39 is 5.60 Å². The lowest BCUT2D eigenvalue weighted by atomic mass is 9.94. The molecule has 0 saturated carbocycles. The normalized spacial score (nSPS) is 24.4. The fourth-order valence-electron chi connectivity index (χ4n) is 3.56. The van der Waals surface area contributed by atoms with E-state index in [4.69, 9.17) is 9.26 Å². The first-order valence-electron chi connectivity index (χ1n) is 7.91. The second-order valence-electron chi connectivity index (χ2n) is 7.28. The van der Waals surface area contributed by atoms with Gasteiger partial charge in [-0.3, -0.25) is 4.90 Å². The van der Waals surface area contributed by atoms with Crippen LogP contribution in [0.5, 0.6) is 0 Å². The summed E-state index contributed by atoms with van der Waals surface area (Å²) >= 11 is 0. The van der Waals surface area contributed by atoms with Crippen molar-refractivity contribution in [1.82, 2.24) is 10.1 Å². The lowest BCUT2D eigenvalue weighted by Crippen LogP contribution is -2.45. The number of amides is 1. The monoisotopic (exact) mass is 304 g/mol. The van der Waals surface area contributed by atoms with Crippen LogP contribution in [-0.2, 0) is 4.74 Å². The lowest BCUT2D eigenvalue weighted by molar-refractivity contribution is 0.0175. The van der Waals surface area contributed by atoms with Crippen molar-refractivity contribution in [3.8, 4) is 0 Å². The highest BCUT2D eigenvalue weighted by molar-refractivity contribution is 5.76. The molecule has 2 aliphatic heterocycles. The Kier molecular flexibility index (Phi) is 3.54. The van der Waals surface area contributed by atoms with Crippen molar-refractivity contribution in [2.75, 3.05) is 0 Å². The summed E-state index contributed by atoms with van der Waals surface area (Å²) in [6, 6.07) is 0.339. The van der Waals surface area contributed by atoms with Crippen molar-refractivity contribution in [2.45, 2.75) is 71.6 Å². The minimum absolute atomic E-state index is 0.122. The number of carbonyl (C=O) groups excluding carboxylic acids is 1. The van der Waals surface area contributed by atoms with E-state index in [0.29, 0.717) is 0 Å². The van der Waals surface area contributed by atoms with Crippen molar-refractivity contribution in [2.24, 2.45) is 0 Å². The van der Waals surface area contributed by atoms with Crippen LogP contribution in [0.1, 0.15) is 57.1 Å². The third-order valence-corrected chi connectivity index (χ3v) is 4.35. The first-order valence-corrected chi connectivity index (χ1v) is 7.91. The molecule has 3 heterocycles. The van der Waals surface area contributed by atoms with E-state index in [-0.39, 0.29) is 18.2 Å². The van der Waals surface area contributed by atoms with Gasteiger partial charge < -0.3 is 9.26 Å². The molecule has 1 aromatic heterocycles. The van der Waals surface area contributed by atoms with Crippen LogP contribution < -0.4 is 0 Å². The summed E-state index contributed by atoms with van der Waals surface area (Å²) in [6.45, 7) is 9.62. The van der Waals surface area contributed by atoms with Crippen LogP contribution in [0.4, 0.5) is 4.79 Å². The first-order chi connectivity index (χ1) is 10.3. The molecule has 0 aliphatic carbocycles. The van der Waals surface area contributed by atoms with Crippen molar-refractivity contribution in [3.63, 3.8) is 0 Å². The predicted molar refractivity (Wildman–Crippen MR) is 83.5 cm³/mol. The molecule has 120 valence electrons. The fraction of sp³-hybridized carbons (Fsp3) is 0.647. The Bertz CT molecular complexity index is 605. The molecular weight excluding hydrogens is 280 g/mol. The van der Waals surface area contributed by atoms with Gasteiger partial charge in [0.25, 0.3) is 0 Å². The molecule has 2 bridgehead atoms. The maximum Gasteiger partial charge on any atom is 0.411 e. The molecule has 1 amide bonds. The maximum absolute atomic E-state index is 12.4. The third-order valence-electron chi connectivity index (χ3n) is 4.35. The van der Waals surface area contributed by atoms with Gasteiger partial charge in [0.05, 0.1) is 11.7 Å². The fourth-order valence-corrected chi connectivity index (χ4v) is 3.56. The second kappa shape index (κ2) is 5.14. The molecule has 0 aromatic carbocycles. The minimum atomic E-state index is -0.456. The zero-order valence-corrected chi connectivity index (χ0v) is 14.0. The highest BCUT2D eigenvalue weighted by Crippen LogP contribution is 2.40. The minimum Gasteiger partial charge on any atom is -0.444 e.